The first-order valence-electron chi connectivity index (χ1n) is 8.95. The standard InChI is InChI=1S/C21H23ClF4O3/c1-20(2,14-3-7-17(8-4-14)28-12-16(27)11-22)15-5-9-18(10-6-15)29-13-19(23)21(24,25)26/h3-10,16,19,27H,11-13H2,1-2H3/t16-,19-/m0/s1. The highest BCUT2D eigenvalue weighted by Crippen LogP contribution is 2.33. The summed E-state index contributed by atoms with van der Waals surface area (Å²) in [5.74, 6) is 0.855. The molecule has 2 aromatic carbocycles. The minimum Gasteiger partial charge on any atom is -0.491 e. The predicted molar refractivity (Wildman–Crippen MR) is 104 cm³/mol. The van der Waals surface area contributed by atoms with E-state index in [9.17, 15) is 22.7 Å². The van der Waals surface area contributed by atoms with Crippen LogP contribution in [0.25, 0.3) is 0 Å². The summed E-state index contributed by atoms with van der Waals surface area (Å²) in [5, 5.41) is 9.44. The molecular weight excluding hydrogens is 412 g/mol. The number of halogens is 5. The summed E-state index contributed by atoms with van der Waals surface area (Å²) in [5.41, 5.74) is 1.49. The van der Waals surface area contributed by atoms with E-state index in [0.717, 1.165) is 11.1 Å². The maximum absolute atomic E-state index is 13.0. The van der Waals surface area contributed by atoms with E-state index in [2.05, 4.69) is 0 Å². The highest BCUT2D eigenvalue weighted by atomic mass is 35.5. The van der Waals surface area contributed by atoms with Crippen molar-refractivity contribution in [3.05, 3.63) is 59.7 Å². The Morgan fingerprint density at radius 2 is 1.28 bits per heavy atom. The normalized spacial score (nSPS) is 14.3. The van der Waals surface area contributed by atoms with E-state index in [-0.39, 0.29) is 18.2 Å². The number of aliphatic hydroxyl groups is 1. The fourth-order valence-corrected chi connectivity index (χ4v) is 2.69. The molecule has 160 valence electrons. The molecule has 0 fully saturated rings. The summed E-state index contributed by atoms with van der Waals surface area (Å²) in [4.78, 5) is 0. The third-order valence-corrected chi connectivity index (χ3v) is 4.88. The molecule has 0 aliphatic rings. The molecule has 0 saturated heterocycles. The summed E-state index contributed by atoms with van der Waals surface area (Å²) < 4.78 is 59.9. The van der Waals surface area contributed by atoms with Crippen molar-refractivity contribution in [3.63, 3.8) is 0 Å². The van der Waals surface area contributed by atoms with Gasteiger partial charge in [0.25, 0.3) is 0 Å². The van der Waals surface area contributed by atoms with Crippen molar-refractivity contribution >= 4 is 11.6 Å². The molecule has 29 heavy (non-hydrogen) atoms. The number of hydrogen-bond donors (Lipinski definition) is 1. The van der Waals surface area contributed by atoms with Crippen LogP contribution < -0.4 is 9.47 Å². The third-order valence-electron chi connectivity index (χ3n) is 4.52. The number of hydrogen-bond acceptors (Lipinski definition) is 3. The number of rotatable bonds is 9. The maximum atomic E-state index is 13.0. The van der Waals surface area contributed by atoms with Crippen LogP contribution in [0, 0.1) is 0 Å². The minimum atomic E-state index is -4.93. The van der Waals surface area contributed by atoms with Crippen LogP contribution in [0.1, 0.15) is 25.0 Å². The number of ether oxygens (including phenoxy) is 2. The zero-order valence-electron chi connectivity index (χ0n) is 16.0. The smallest absolute Gasteiger partial charge is 0.423 e. The van der Waals surface area contributed by atoms with E-state index in [0.29, 0.717) is 5.75 Å². The maximum Gasteiger partial charge on any atom is 0.423 e. The average molecular weight is 435 g/mol. The van der Waals surface area contributed by atoms with Gasteiger partial charge in [0, 0.05) is 5.41 Å². The van der Waals surface area contributed by atoms with Gasteiger partial charge in [-0.2, -0.15) is 13.2 Å². The Morgan fingerprint density at radius 3 is 1.66 bits per heavy atom. The van der Waals surface area contributed by atoms with Crippen LogP contribution in [0.5, 0.6) is 11.5 Å². The SMILES string of the molecule is CC(C)(c1ccc(OC[C@@H](O)CCl)cc1)c1ccc(OC[C@H](F)C(F)(F)F)cc1. The Balaban J connectivity index is 2.03. The topological polar surface area (TPSA) is 38.7 Å². The van der Waals surface area contributed by atoms with Gasteiger partial charge in [-0.1, -0.05) is 38.1 Å². The fraction of sp³-hybridized carbons (Fsp3) is 0.429. The van der Waals surface area contributed by atoms with Crippen LogP contribution in [0.2, 0.25) is 0 Å². The second-order valence-electron chi connectivity index (χ2n) is 7.11. The summed E-state index contributed by atoms with van der Waals surface area (Å²) in [6, 6.07) is 13.9. The first kappa shape index (κ1) is 23.3. The van der Waals surface area contributed by atoms with Crippen molar-refractivity contribution in [2.24, 2.45) is 0 Å². The van der Waals surface area contributed by atoms with Gasteiger partial charge in [0.1, 0.15) is 30.8 Å². The Morgan fingerprint density at radius 1 is 0.862 bits per heavy atom. The lowest BCUT2D eigenvalue weighted by atomic mass is 9.78. The minimum absolute atomic E-state index is 0.0903. The van der Waals surface area contributed by atoms with Crippen LogP contribution in [-0.2, 0) is 5.41 Å². The number of benzene rings is 2. The quantitative estimate of drug-likeness (QED) is 0.431. The van der Waals surface area contributed by atoms with Crippen molar-refractivity contribution < 1.29 is 32.1 Å². The van der Waals surface area contributed by atoms with Crippen molar-refractivity contribution in [1.82, 2.24) is 0 Å². The van der Waals surface area contributed by atoms with E-state index in [4.69, 9.17) is 21.1 Å². The van der Waals surface area contributed by atoms with Crippen molar-refractivity contribution in [2.45, 2.75) is 37.7 Å². The van der Waals surface area contributed by atoms with Crippen LogP contribution >= 0.6 is 11.6 Å². The van der Waals surface area contributed by atoms with Crippen LogP contribution in [-0.4, -0.2) is 42.7 Å². The van der Waals surface area contributed by atoms with Crippen molar-refractivity contribution in [1.29, 1.82) is 0 Å². The molecule has 0 aliphatic heterocycles. The van der Waals surface area contributed by atoms with Gasteiger partial charge in [-0.25, -0.2) is 4.39 Å². The molecule has 0 radical (unpaired) electrons. The molecule has 2 rings (SSSR count). The van der Waals surface area contributed by atoms with E-state index in [1.165, 1.54) is 12.1 Å². The first-order chi connectivity index (χ1) is 13.5. The first-order valence-corrected chi connectivity index (χ1v) is 9.49. The molecule has 0 bridgehead atoms. The average Bonchev–Trinajstić information content (AvgIpc) is 2.70. The molecule has 0 amide bonds. The van der Waals surface area contributed by atoms with Gasteiger partial charge in [-0.3, -0.25) is 0 Å². The van der Waals surface area contributed by atoms with Gasteiger partial charge >= 0.3 is 6.18 Å². The van der Waals surface area contributed by atoms with Gasteiger partial charge in [-0.05, 0) is 35.4 Å². The molecule has 0 aromatic heterocycles. The van der Waals surface area contributed by atoms with Gasteiger partial charge in [0.05, 0.1) is 5.88 Å². The molecule has 0 unspecified atom stereocenters. The number of aliphatic hydroxyl groups excluding tert-OH is 1. The monoisotopic (exact) mass is 434 g/mol. The van der Waals surface area contributed by atoms with Gasteiger partial charge in [0.2, 0.25) is 6.17 Å². The number of alkyl halides is 5. The molecule has 0 aliphatic carbocycles. The molecule has 0 saturated carbocycles. The van der Waals surface area contributed by atoms with Crippen LogP contribution in [0.15, 0.2) is 48.5 Å². The summed E-state index contributed by atoms with van der Waals surface area (Å²) in [6.07, 6.45) is -8.69. The third kappa shape index (κ3) is 6.51. The second-order valence-corrected chi connectivity index (χ2v) is 7.42. The lowest BCUT2D eigenvalue weighted by Gasteiger charge is -2.26. The van der Waals surface area contributed by atoms with Crippen LogP contribution in [0.4, 0.5) is 17.6 Å². The Bertz CT molecular complexity index is 761. The molecule has 3 nitrogen and oxygen atoms in total. The summed E-state index contributed by atoms with van der Waals surface area (Å²) in [6.45, 7) is 3.02. The Labute approximate surface area is 172 Å². The highest BCUT2D eigenvalue weighted by Gasteiger charge is 2.40. The van der Waals surface area contributed by atoms with E-state index < -0.39 is 30.5 Å². The van der Waals surface area contributed by atoms with E-state index >= 15 is 0 Å². The zero-order valence-corrected chi connectivity index (χ0v) is 16.8. The van der Waals surface area contributed by atoms with Crippen molar-refractivity contribution in [2.75, 3.05) is 19.1 Å². The lowest BCUT2D eigenvalue weighted by Crippen LogP contribution is -2.30. The van der Waals surface area contributed by atoms with E-state index in [1.807, 2.05) is 26.0 Å². The summed E-state index contributed by atoms with van der Waals surface area (Å²) >= 11 is 5.53. The van der Waals surface area contributed by atoms with E-state index in [1.54, 1.807) is 24.3 Å². The van der Waals surface area contributed by atoms with Crippen LogP contribution in [0.3, 0.4) is 0 Å². The Hall–Kier alpha value is -1.99. The molecule has 0 spiro atoms. The largest absolute Gasteiger partial charge is 0.491 e. The van der Waals surface area contributed by atoms with Crippen molar-refractivity contribution in [3.8, 4) is 11.5 Å². The van der Waals surface area contributed by atoms with Gasteiger partial charge in [0.15, 0.2) is 0 Å². The molecule has 2 aromatic rings. The highest BCUT2D eigenvalue weighted by molar-refractivity contribution is 6.18. The lowest BCUT2D eigenvalue weighted by molar-refractivity contribution is -0.187. The van der Waals surface area contributed by atoms with Gasteiger partial charge < -0.3 is 14.6 Å². The molecule has 8 heteroatoms. The van der Waals surface area contributed by atoms with Gasteiger partial charge in [-0.15, -0.1) is 11.6 Å². The summed E-state index contributed by atoms with van der Waals surface area (Å²) in [7, 11) is 0. The Kier molecular flexibility index (Phi) is 7.77. The fourth-order valence-electron chi connectivity index (χ4n) is 2.60. The molecule has 1 N–H and O–H groups in total. The second kappa shape index (κ2) is 9.67. The molecular formula is C21H23ClF4O3. The predicted octanol–water partition coefficient (Wildman–Crippen LogP) is 5.27. The zero-order chi connectivity index (χ0) is 21.7. The molecule has 2 atom stereocenters. The molecule has 0 heterocycles.